The first-order valence-electron chi connectivity index (χ1n) is 5.79. The van der Waals surface area contributed by atoms with E-state index in [0.29, 0.717) is 5.56 Å². The molecular formula is C14H12N2O2. The average molecular weight is 240 g/mol. The molecule has 0 amide bonds. The van der Waals surface area contributed by atoms with Gasteiger partial charge >= 0.3 is 0 Å². The number of nitriles is 1. The fourth-order valence-electron chi connectivity index (χ4n) is 2.36. The first-order valence-corrected chi connectivity index (χ1v) is 5.79. The predicted molar refractivity (Wildman–Crippen MR) is 66.2 cm³/mol. The zero-order valence-electron chi connectivity index (χ0n) is 9.99. The number of aryl methyl sites for hydroxylation is 1. The third-order valence-electron chi connectivity index (χ3n) is 3.47. The van der Waals surface area contributed by atoms with Crippen molar-refractivity contribution < 1.29 is 9.53 Å². The van der Waals surface area contributed by atoms with E-state index in [0.717, 1.165) is 16.6 Å². The molecule has 0 radical (unpaired) electrons. The van der Waals surface area contributed by atoms with E-state index in [9.17, 15) is 10.1 Å². The number of carbonyl (C=O) groups excluding carboxylic acids is 1. The molecule has 0 bridgehead atoms. The lowest BCUT2D eigenvalue weighted by Crippen LogP contribution is -2.48. The molecule has 1 saturated heterocycles. The summed E-state index contributed by atoms with van der Waals surface area (Å²) in [6.07, 6.45) is 0. The third-order valence-corrected chi connectivity index (χ3v) is 3.47. The van der Waals surface area contributed by atoms with Crippen LogP contribution in [0.1, 0.15) is 16.1 Å². The number of nitrogens with zero attached hydrogens (tertiary/aromatic N) is 1. The highest BCUT2D eigenvalue weighted by molar-refractivity contribution is 6.13. The predicted octanol–water partition coefficient (Wildman–Crippen LogP) is 2.20. The van der Waals surface area contributed by atoms with E-state index in [4.69, 9.17) is 4.74 Å². The maximum absolute atomic E-state index is 12.6. The number of rotatable bonds is 2. The van der Waals surface area contributed by atoms with Crippen molar-refractivity contribution in [2.75, 3.05) is 13.2 Å². The quantitative estimate of drug-likeness (QED) is 0.818. The highest BCUT2D eigenvalue weighted by atomic mass is 16.5. The van der Waals surface area contributed by atoms with Crippen LogP contribution in [-0.4, -0.2) is 24.0 Å². The van der Waals surface area contributed by atoms with Crippen LogP contribution < -0.4 is 0 Å². The summed E-state index contributed by atoms with van der Waals surface area (Å²) >= 11 is 0. The second-order valence-corrected chi connectivity index (χ2v) is 4.69. The molecule has 0 unspecified atom stereocenters. The zero-order valence-corrected chi connectivity index (χ0v) is 9.99. The standard InChI is InChI=1S/C14H12N2O2/c1-9-12(10-4-2-3-5-11(10)16-9)13(17)14(6-15)7-18-8-14/h2-5,16H,7-8H2,1H3. The lowest BCUT2D eigenvalue weighted by atomic mass is 9.79. The Hall–Kier alpha value is -2.12. The number of hydrogen-bond donors (Lipinski definition) is 1. The normalized spacial score (nSPS) is 17.1. The maximum Gasteiger partial charge on any atom is 0.190 e. The minimum Gasteiger partial charge on any atom is -0.377 e. The van der Waals surface area contributed by atoms with Crippen LogP contribution in [0.5, 0.6) is 0 Å². The summed E-state index contributed by atoms with van der Waals surface area (Å²) in [4.78, 5) is 15.7. The topological polar surface area (TPSA) is 65.9 Å². The molecule has 4 nitrogen and oxygen atoms in total. The van der Waals surface area contributed by atoms with Gasteiger partial charge in [0, 0.05) is 22.2 Å². The highest BCUT2D eigenvalue weighted by Crippen LogP contribution is 2.34. The van der Waals surface area contributed by atoms with Crippen LogP contribution in [0.4, 0.5) is 0 Å². The van der Waals surface area contributed by atoms with Crippen molar-refractivity contribution in [1.29, 1.82) is 5.26 Å². The fraction of sp³-hybridized carbons (Fsp3) is 0.286. The van der Waals surface area contributed by atoms with Crippen molar-refractivity contribution >= 4 is 16.7 Å². The molecule has 3 rings (SSSR count). The van der Waals surface area contributed by atoms with Gasteiger partial charge in [-0.05, 0) is 13.0 Å². The SMILES string of the molecule is Cc1[nH]c2ccccc2c1C(=O)C1(C#N)COC1. The Balaban J connectivity index is 2.18. The van der Waals surface area contributed by atoms with Gasteiger partial charge in [0.05, 0.1) is 19.3 Å². The van der Waals surface area contributed by atoms with Crippen molar-refractivity contribution in [2.45, 2.75) is 6.92 Å². The molecule has 1 N–H and O–H groups in total. The number of carbonyl (C=O) groups is 1. The Bertz CT molecular complexity index is 675. The Labute approximate surface area is 104 Å². The molecule has 0 spiro atoms. The first-order chi connectivity index (χ1) is 8.68. The van der Waals surface area contributed by atoms with Gasteiger partial charge in [0.1, 0.15) is 0 Å². The van der Waals surface area contributed by atoms with Gasteiger partial charge in [0.2, 0.25) is 0 Å². The van der Waals surface area contributed by atoms with Crippen molar-refractivity contribution in [3.63, 3.8) is 0 Å². The molecule has 0 saturated carbocycles. The molecule has 1 aliphatic heterocycles. The van der Waals surface area contributed by atoms with E-state index in [1.165, 1.54) is 0 Å². The van der Waals surface area contributed by atoms with E-state index < -0.39 is 5.41 Å². The zero-order chi connectivity index (χ0) is 12.8. The largest absolute Gasteiger partial charge is 0.377 e. The second-order valence-electron chi connectivity index (χ2n) is 4.69. The molecule has 1 aliphatic rings. The maximum atomic E-state index is 12.6. The van der Waals surface area contributed by atoms with E-state index in [1.807, 2.05) is 31.2 Å². The summed E-state index contributed by atoms with van der Waals surface area (Å²) in [7, 11) is 0. The van der Waals surface area contributed by atoms with Crippen LogP contribution >= 0.6 is 0 Å². The number of Topliss-reactive ketones (excluding diaryl/α,β-unsaturated/α-hetero) is 1. The molecule has 1 aromatic carbocycles. The summed E-state index contributed by atoms with van der Waals surface area (Å²) in [5.74, 6) is -0.133. The van der Waals surface area contributed by atoms with Gasteiger partial charge in [0.15, 0.2) is 11.2 Å². The van der Waals surface area contributed by atoms with Crippen molar-refractivity contribution in [2.24, 2.45) is 5.41 Å². The fourth-order valence-corrected chi connectivity index (χ4v) is 2.36. The first kappa shape index (κ1) is 11.0. The summed E-state index contributed by atoms with van der Waals surface area (Å²) < 4.78 is 5.05. The number of fused-ring (bicyclic) bond motifs is 1. The van der Waals surface area contributed by atoms with Crippen LogP contribution in [0, 0.1) is 23.7 Å². The summed E-state index contributed by atoms with van der Waals surface area (Å²) in [5.41, 5.74) is 1.36. The van der Waals surface area contributed by atoms with Crippen molar-refractivity contribution in [3.05, 3.63) is 35.5 Å². The number of para-hydroxylation sites is 1. The molecule has 2 heterocycles. The number of hydrogen-bond acceptors (Lipinski definition) is 3. The number of ether oxygens (including phenoxy) is 1. The minimum atomic E-state index is -0.990. The lowest BCUT2D eigenvalue weighted by Gasteiger charge is -2.33. The van der Waals surface area contributed by atoms with Crippen molar-refractivity contribution in [3.8, 4) is 6.07 Å². The van der Waals surface area contributed by atoms with Crippen LogP contribution in [-0.2, 0) is 4.74 Å². The van der Waals surface area contributed by atoms with Gasteiger partial charge in [-0.1, -0.05) is 18.2 Å². The molecule has 4 heteroatoms. The van der Waals surface area contributed by atoms with Gasteiger partial charge in [-0.2, -0.15) is 5.26 Å². The Kier molecular flexibility index (Phi) is 2.25. The number of benzene rings is 1. The van der Waals surface area contributed by atoms with E-state index in [1.54, 1.807) is 0 Å². The molecule has 0 aliphatic carbocycles. The Morgan fingerprint density at radius 1 is 1.44 bits per heavy atom. The smallest absolute Gasteiger partial charge is 0.190 e. The molecular weight excluding hydrogens is 228 g/mol. The number of aromatic amines is 1. The Morgan fingerprint density at radius 3 is 2.78 bits per heavy atom. The third kappa shape index (κ3) is 1.31. The molecule has 0 atom stereocenters. The lowest BCUT2D eigenvalue weighted by molar-refractivity contribution is -0.0565. The highest BCUT2D eigenvalue weighted by Gasteiger charge is 2.47. The van der Waals surface area contributed by atoms with Crippen LogP contribution in [0.25, 0.3) is 10.9 Å². The van der Waals surface area contributed by atoms with Gasteiger partial charge in [-0.25, -0.2) is 0 Å². The van der Waals surface area contributed by atoms with E-state index in [2.05, 4.69) is 11.1 Å². The van der Waals surface area contributed by atoms with Gasteiger partial charge in [-0.3, -0.25) is 4.79 Å². The molecule has 18 heavy (non-hydrogen) atoms. The molecule has 1 aromatic heterocycles. The average Bonchev–Trinajstić information content (AvgIpc) is 2.63. The molecule has 1 fully saturated rings. The van der Waals surface area contributed by atoms with Crippen LogP contribution in [0.15, 0.2) is 24.3 Å². The second kappa shape index (κ2) is 3.69. The van der Waals surface area contributed by atoms with Gasteiger partial charge in [0.25, 0.3) is 0 Å². The van der Waals surface area contributed by atoms with Crippen molar-refractivity contribution in [1.82, 2.24) is 4.98 Å². The minimum absolute atomic E-state index is 0.133. The van der Waals surface area contributed by atoms with Gasteiger partial charge < -0.3 is 9.72 Å². The van der Waals surface area contributed by atoms with E-state index in [-0.39, 0.29) is 19.0 Å². The Morgan fingerprint density at radius 2 is 2.17 bits per heavy atom. The van der Waals surface area contributed by atoms with Crippen LogP contribution in [0.2, 0.25) is 0 Å². The number of nitrogens with one attached hydrogen (secondary N) is 1. The summed E-state index contributed by atoms with van der Waals surface area (Å²) in [6, 6.07) is 9.74. The monoisotopic (exact) mass is 240 g/mol. The summed E-state index contributed by atoms with van der Waals surface area (Å²) in [6.45, 7) is 2.25. The number of ketones is 1. The van der Waals surface area contributed by atoms with E-state index >= 15 is 0 Å². The summed E-state index contributed by atoms with van der Waals surface area (Å²) in [5, 5.41) is 10.1. The number of H-pyrrole nitrogens is 1. The molecule has 2 aromatic rings. The van der Waals surface area contributed by atoms with Gasteiger partial charge in [-0.15, -0.1) is 0 Å². The number of aromatic nitrogens is 1. The molecule has 90 valence electrons. The van der Waals surface area contributed by atoms with Crippen LogP contribution in [0.3, 0.4) is 0 Å².